The monoisotopic (exact) mass is 328 g/mol. The molecule has 8 N–H and O–H groups in total. The summed E-state index contributed by atoms with van der Waals surface area (Å²) in [6, 6.07) is 0. The summed E-state index contributed by atoms with van der Waals surface area (Å²) in [5, 5.41) is 69.9. The molecule has 10 heteroatoms. The highest BCUT2D eigenvalue weighted by Gasteiger charge is 2.27. The molecule has 10 nitrogen and oxygen atoms in total. The summed E-state index contributed by atoms with van der Waals surface area (Å²) in [5.74, 6) is 0. The van der Waals surface area contributed by atoms with Gasteiger partial charge in [0, 0.05) is 6.42 Å². The number of aldehydes is 2. The van der Waals surface area contributed by atoms with Gasteiger partial charge < -0.3 is 50.4 Å². The van der Waals surface area contributed by atoms with Gasteiger partial charge in [0.25, 0.3) is 0 Å². The van der Waals surface area contributed by atoms with Crippen molar-refractivity contribution in [2.75, 3.05) is 6.61 Å². The van der Waals surface area contributed by atoms with E-state index < -0.39 is 49.3 Å². The Morgan fingerprint density at radius 3 is 1.64 bits per heavy atom. The summed E-state index contributed by atoms with van der Waals surface area (Å²) in [5.41, 5.74) is 0. The Morgan fingerprint density at radius 2 is 1.32 bits per heavy atom. The minimum Gasteiger partial charge on any atom is -0.394 e. The molecule has 22 heavy (non-hydrogen) atoms. The average Bonchev–Trinajstić information content (AvgIpc) is 2.51. The number of aliphatic hydroxyl groups excluding tert-OH is 8. The molecule has 0 radical (unpaired) electrons. The van der Waals surface area contributed by atoms with Gasteiger partial charge in [0.05, 0.1) is 18.8 Å². The summed E-state index contributed by atoms with van der Waals surface area (Å²) >= 11 is 0. The average molecular weight is 328 g/mol. The van der Waals surface area contributed by atoms with Gasteiger partial charge in [-0.3, -0.25) is 0 Å². The Balaban J connectivity index is 0. The van der Waals surface area contributed by atoms with Crippen molar-refractivity contribution in [3.8, 4) is 0 Å². The van der Waals surface area contributed by atoms with Crippen LogP contribution >= 0.6 is 0 Å². The lowest BCUT2D eigenvalue weighted by atomic mass is 10.1. The normalized spacial score (nSPS) is 20.4. The van der Waals surface area contributed by atoms with Crippen molar-refractivity contribution in [1.29, 1.82) is 0 Å². The third-order valence-electron chi connectivity index (χ3n) is 2.65. The zero-order chi connectivity index (χ0) is 17.9. The van der Waals surface area contributed by atoms with Crippen LogP contribution in [-0.4, -0.2) is 103 Å². The highest BCUT2D eigenvalue weighted by atomic mass is 16.4. The van der Waals surface area contributed by atoms with Gasteiger partial charge in [0.1, 0.15) is 36.8 Å². The van der Waals surface area contributed by atoms with E-state index in [-0.39, 0.29) is 12.7 Å². The number of hydrogen-bond donors (Lipinski definition) is 8. The van der Waals surface area contributed by atoms with E-state index >= 15 is 0 Å². The first kappa shape index (κ1) is 23.3. The van der Waals surface area contributed by atoms with Crippen LogP contribution in [0.4, 0.5) is 0 Å². The van der Waals surface area contributed by atoms with E-state index in [1.54, 1.807) is 0 Å². The second-order valence-electron chi connectivity index (χ2n) is 4.56. The zero-order valence-electron chi connectivity index (χ0n) is 12.0. The zero-order valence-corrected chi connectivity index (χ0v) is 12.0. The molecule has 0 aromatic heterocycles. The smallest absolute Gasteiger partial charge is 0.151 e. The topological polar surface area (TPSA) is 196 Å². The van der Waals surface area contributed by atoms with Crippen molar-refractivity contribution in [3.63, 3.8) is 0 Å². The number of rotatable bonds is 9. The van der Waals surface area contributed by atoms with Gasteiger partial charge in [-0.05, 0) is 6.92 Å². The molecule has 0 saturated heterocycles. The highest BCUT2D eigenvalue weighted by molar-refractivity contribution is 5.56. The molecule has 0 bridgehead atoms. The van der Waals surface area contributed by atoms with Crippen molar-refractivity contribution in [2.45, 2.75) is 56.1 Å². The van der Waals surface area contributed by atoms with Gasteiger partial charge in [0.15, 0.2) is 6.29 Å². The molecule has 0 spiro atoms. The van der Waals surface area contributed by atoms with Crippen LogP contribution in [0.5, 0.6) is 0 Å². The van der Waals surface area contributed by atoms with Gasteiger partial charge >= 0.3 is 0 Å². The molecule has 7 atom stereocenters. The van der Waals surface area contributed by atoms with E-state index in [2.05, 4.69) is 0 Å². The largest absolute Gasteiger partial charge is 0.394 e. The molecule has 0 rings (SSSR count). The molecule has 0 unspecified atom stereocenters. The van der Waals surface area contributed by atoms with Crippen molar-refractivity contribution in [3.05, 3.63) is 0 Å². The van der Waals surface area contributed by atoms with Crippen LogP contribution in [0, 0.1) is 0 Å². The van der Waals surface area contributed by atoms with Crippen LogP contribution in [0.15, 0.2) is 0 Å². The number of carbonyl (C=O) groups excluding carboxylic acids is 2. The van der Waals surface area contributed by atoms with E-state index in [1.165, 1.54) is 6.92 Å². The van der Waals surface area contributed by atoms with Crippen LogP contribution in [0.1, 0.15) is 13.3 Å². The SMILES string of the molecule is C[C@@H](O)[C@H](O)[C@H](O)[C@@H](O)C=O.O=CC[C@@H](O)[C@H](O)[C@H](O)CO. The maximum atomic E-state index is 9.87. The van der Waals surface area contributed by atoms with Crippen LogP contribution in [0.3, 0.4) is 0 Å². The number of hydrogen-bond acceptors (Lipinski definition) is 10. The van der Waals surface area contributed by atoms with E-state index in [9.17, 15) is 9.59 Å². The van der Waals surface area contributed by atoms with E-state index in [1.807, 2.05) is 0 Å². The summed E-state index contributed by atoms with van der Waals surface area (Å²) in [4.78, 5) is 19.7. The molecule has 0 aromatic carbocycles. The molecule has 132 valence electrons. The Hall–Kier alpha value is -0.980. The fraction of sp³-hybridized carbons (Fsp3) is 0.833. The quantitative estimate of drug-likeness (QED) is 0.190. The molecule has 0 heterocycles. The minimum absolute atomic E-state index is 0.0935. The van der Waals surface area contributed by atoms with E-state index in [4.69, 9.17) is 40.9 Å². The minimum atomic E-state index is -1.65. The number of carbonyl (C=O) groups is 2. The standard InChI is InChI=1S/2C6H12O5/c1-3(8)5(10)6(11)4(9)2-7;7-2-1-4(9)6(11)5(10)3-8/h2-6,8-11H,1H3;2,4-6,8-11H,1,3H2/t3-,4+,5+,6-;4-,5-,6+/m11/s1. The van der Waals surface area contributed by atoms with Crippen molar-refractivity contribution in [1.82, 2.24) is 0 Å². The highest BCUT2D eigenvalue weighted by Crippen LogP contribution is 2.03. The fourth-order valence-corrected chi connectivity index (χ4v) is 1.17. The van der Waals surface area contributed by atoms with Crippen molar-refractivity contribution >= 4 is 12.6 Å². The Morgan fingerprint density at radius 1 is 0.818 bits per heavy atom. The van der Waals surface area contributed by atoms with Crippen molar-refractivity contribution in [2.24, 2.45) is 0 Å². The predicted molar refractivity (Wildman–Crippen MR) is 71.6 cm³/mol. The van der Waals surface area contributed by atoms with E-state index in [0.717, 1.165) is 0 Å². The van der Waals surface area contributed by atoms with Gasteiger partial charge in [-0.2, -0.15) is 0 Å². The van der Waals surface area contributed by atoms with Gasteiger partial charge in [0.2, 0.25) is 0 Å². The molecule has 0 fully saturated rings. The molecule has 0 aliphatic rings. The Kier molecular flexibility index (Phi) is 13.3. The lowest BCUT2D eigenvalue weighted by Gasteiger charge is -2.21. The summed E-state index contributed by atoms with van der Waals surface area (Å²) in [6.07, 6.45) is -9.88. The molecule has 0 aliphatic carbocycles. The van der Waals surface area contributed by atoms with Crippen LogP contribution in [-0.2, 0) is 9.59 Å². The van der Waals surface area contributed by atoms with Crippen LogP contribution in [0.25, 0.3) is 0 Å². The maximum absolute atomic E-state index is 9.87. The lowest BCUT2D eigenvalue weighted by Crippen LogP contribution is -2.43. The first-order chi connectivity index (χ1) is 10.1. The van der Waals surface area contributed by atoms with Gasteiger partial charge in [-0.15, -0.1) is 0 Å². The Labute approximate surface area is 126 Å². The summed E-state index contributed by atoms with van der Waals surface area (Å²) < 4.78 is 0. The van der Waals surface area contributed by atoms with Gasteiger partial charge in [-0.1, -0.05) is 0 Å². The molecule has 0 aromatic rings. The number of aliphatic hydroxyl groups is 8. The maximum Gasteiger partial charge on any atom is 0.151 e. The molecule has 0 saturated carbocycles. The molecular formula is C12H24O10. The lowest BCUT2D eigenvalue weighted by molar-refractivity contribution is -0.132. The summed E-state index contributed by atoms with van der Waals surface area (Å²) in [6.45, 7) is 0.600. The fourth-order valence-electron chi connectivity index (χ4n) is 1.17. The second kappa shape index (κ2) is 12.6. The third-order valence-corrected chi connectivity index (χ3v) is 2.65. The van der Waals surface area contributed by atoms with Crippen LogP contribution in [0.2, 0.25) is 0 Å². The Bertz CT molecular complexity index is 298. The van der Waals surface area contributed by atoms with Gasteiger partial charge in [-0.25, -0.2) is 0 Å². The van der Waals surface area contributed by atoms with E-state index in [0.29, 0.717) is 6.29 Å². The second-order valence-corrected chi connectivity index (χ2v) is 4.56. The van der Waals surface area contributed by atoms with Crippen LogP contribution < -0.4 is 0 Å². The molecule has 0 aliphatic heterocycles. The first-order valence-corrected chi connectivity index (χ1v) is 6.40. The molecular weight excluding hydrogens is 304 g/mol. The van der Waals surface area contributed by atoms with Crippen molar-refractivity contribution < 1.29 is 50.4 Å². The summed E-state index contributed by atoms with van der Waals surface area (Å²) in [7, 11) is 0. The third kappa shape index (κ3) is 9.12. The molecule has 0 amide bonds. The first-order valence-electron chi connectivity index (χ1n) is 6.40. The predicted octanol–water partition coefficient (Wildman–Crippen LogP) is -4.70.